The SMILES string of the molecule is COc1ccc2c(c1)CCC(N1C[C@@H](C)O[C@@H](C)C1)C2O. The van der Waals surface area contributed by atoms with Crippen LogP contribution >= 0.6 is 0 Å². The maximum atomic E-state index is 10.8. The molecule has 2 unspecified atom stereocenters. The normalized spacial score (nSPS) is 33.5. The molecular formula is C17H25NO3. The molecule has 1 aromatic carbocycles. The third kappa shape index (κ3) is 2.93. The Morgan fingerprint density at radius 3 is 2.62 bits per heavy atom. The molecule has 0 aromatic heterocycles. The molecular weight excluding hydrogens is 266 g/mol. The van der Waals surface area contributed by atoms with Crippen LogP contribution in [0.5, 0.6) is 5.75 Å². The van der Waals surface area contributed by atoms with E-state index < -0.39 is 6.10 Å². The van der Waals surface area contributed by atoms with Gasteiger partial charge in [-0.25, -0.2) is 0 Å². The van der Waals surface area contributed by atoms with Crippen LogP contribution in [0.1, 0.15) is 37.5 Å². The Labute approximate surface area is 126 Å². The Hall–Kier alpha value is -1.10. The quantitative estimate of drug-likeness (QED) is 0.906. The summed E-state index contributed by atoms with van der Waals surface area (Å²) in [7, 11) is 1.68. The predicted octanol–water partition coefficient (Wildman–Crippen LogP) is 2.15. The maximum absolute atomic E-state index is 10.8. The standard InChI is InChI=1S/C17H25NO3/c1-11-9-18(10-12(2)21-11)16-7-4-13-8-14(20-3)5-6-15(13)17(16)19/h5-6,8,11-12,16-17,19H,4,7,9-10H2,1-3H3/t11-,12+,16?,17?. The molecule has 116 valence electrons. The van der Waals surface area contributed by atoms with Crippen molar-refractivity contribution in [1.29, 1.82) is 0 Å². The summed E-state index contributed by atoms with van der Waals surface area (Å²) in [4.78, 5) is 2.40. The molecule has 3 rings (SSSR count). The van der Waals surface area contributed by atoms with Crippen LogP contribution in [-0.2, 0) is 11.2 Å². The fourth-order valence-corrected chi connectivity index (χ4v) is 3.75. The molecule has 4 atom stereocenters. The van der Waals surface area contributed by atoms with Gasteiger partial charge in [0.15, 0.2) is 0 Å². The van der Waals surface area contributed by atoms with Crippen molar-refractivity contribution in [2.45, 2.75) is 51.0 Å². The lowest BCUT2D eigenvalue weighted by Crippen LogP contribution is -2.52. The van der Waals surface area contributed by atoms with Gasteiger partial charge in [0.05, 0.1) is 25.4 Å². The Bertz CT molecular complexity index is 495. The van der Waals surface area contributed by atoms with Crippen molar-refractivity contribution < 1.29 is 14.6 Å². The van der Waals surface area contributed by atoms with Gasteiger partial charge in [0.25, 0.3) is 0 Å². The van der Waals surface area contributed by atoms with E-state index in [1.165, 1.54) is 5.56 Å². The van der Waals surface area contributed by atoms with Crippen LogP contribution in [0.3, 0.4) is 0 Å². The van der Waals surface area contributed by atoms with Gasteiger partial charge in [0, 0.05) is 19.1 Å². The van der Waals surface area contributed by atoms with Gasteiger partial charge >= 0.3 is 0 Å². The van der Waals surface area contributed by atoms with Crippen molar-refractivity contribution in [1.82, 2.24) is 4.90 Å². The molecule has 1 saturated heterocycles. The zero-order chi connectivity index (χ0) is 15.0. The van der Waals surface area contributed by atoms with Gasteiger partial charge in [0.1, 0.15) is 5.75 Å². The van der Waals surface area contributed by atoms with Crippen LogP contribution in [-0.4, -0.2) is 48.5 Å². The monoisotopic (exact) mass is 291 g/mol. The molecule has 1 heterocycles. The second-order valence-corrected chi connectivity index (χ2v) is 6.33. The number of morpholine rings is 1. The first-order valence-electron chi connectivity index (χ1n) is 7.83. The van der Waals surface area contributed by atoms with Gasteiger partial charge < -0.3 is 14.6 Å². The van der Waals surface area contributed by atoms with Crippen molar-refractivity contribution in [3.05, 3.63) is 29.3 Å². The van der Waals surface area contributed by atoms with E-state index in [2.05, 4.69) is 24.8 Å². The number of hydrogen-bond acceptors (Lipinski definition) is 4. The fourth-order valence-electron chi connectivity index (χ4n) is 3.75. The highest BCUT2D eigenvalue weighted by molar-refractivity contribution is 5.39. The molecule has 0 radical (unpaired) electrons. The molecule has 1 aliphatic carbocycles. The first-order chi connectivity index (χ1) is 10.1. The Morgan fingerprint density at radius 2 is 1.95 bits per heavy atom. The number of ether oxygens (including phenoxy) is 2. The molecule has 21 heavy (non-hydrogen) atoms. The summed E-state index contributed by atoms with van der Waals surface area (Å²) in [5, 5.41) is 10.8. The smallest absolute Gasteiger partial charge is 0.119 e. The highest BCUT2D eigenvalue weighted by Crippen LogP contribution is 2.35. The van der Waals surface area contributed by atoms with E-state index in [-0.39, 0.29) is 18.2 Å². The molecule has 4 nitrogen and oxygen atoms in total. The van der Waals surface area contributed by atoms with Crippen LogP contribution in [0.2, 0.25) is 0 Å². The van der Waals surface area contributed by atoms with E-state index >= 15 is 0 Å². The number of fused-ring (bicyclic) bond motifs is 1. The number of methoxy groups -OCH3 is 1. The first kappa shape index (κ1) is 14.8. The summed E-state index contributed by atoms with van der Waals surface area (Å²) in [6, 6.07) is 6.20. The first-order valence-corrected chi connectivity index (χ1v) is 7.83. The van der Waals surface area contributed by atoms with Crippen LogP contribution in [0.25, 0.3) is 0 Å². The zero-order valence-corrected chi connectivity index (χ0v) is 13.1. The molecule has 4 heteroatoms. The number of rotatable bonds is 2. The molecule has 0 spiro atoms. The highest BCUT2D eigenvalue weighted by atomic mass is 16.5. The number of nitrogens with zero attached hydrogens (tertiary/aromatic N) is 1. The second-order valence-electron chi connectivity index (χ2n) is 6.33. The number of aryl methyl sites for hydroxylation is 1. The summed E-state index contributed by atoms with van der Waals surface area (Å²) in [6.07, 6.45) is 2.03. The summed E-state index contributed by atoms with van der Waals surface area (Å²) in [5.41, 5.74) is 2.27. The minimum Gasteiger partial charge on any atom is -0.497 e. The van der Waals surface area contributed by atoms with Crippen LogP contribution in [0.4, 0.5) is 0 Å². The summed E-state index contributed by atoms with van der Waals surface area (Å²) >= 11 is 0. The van der Waals surface area contributed by atoms with Gasteiger partial charge in [-0.05, 0) is 49.9 Å². The Morgan fingerprint density at radius 1 is 1.24 bits per heavy atom. The molecule has 2 aliphatic rings. The van der Waals surface area contributed by atoms with Crippen molar-refractivity contribution in [3.8, 4) is 5.75 Å². The van der Waals surface area contributed by atoms with E-state index in [4.69, 9.17) is 9.47 Å². The molecule has 1 aliphatic heterocycles. The second kappa shape index (κ2) is 5.95. The third-order valence-electron chi connectivity index (χ3n) is 4.66. The largest absolute Gasteiger partial charge is 0.497 e. The molecule has 1 aromatic rings. The maximum Gasteiger partial charge on any atom is 0.119 e. The number of benzene rings is 1. The van der Waals surface area contributed by atoms with E-state index in [9.17, 15) is 5.11 Å². The van der Waals surface area contributed by atoms with Gasteiger partial charge in [-0.2, -0.15) is 0 Å². The molecule has 0 saturated carbocycles. The number of aliphatic hydroxyl groups excluding tert-OH is 1. The molecule has 1 fully saturated rings. The average Bonchev–Trinajstić information content (AvgIpc) is 2.46. The van der Waals surface area contributed by atoms with Crippen molar-refractivity contribution in [2.75, 3.05) is 20.2 Å². The molecule has 1 N–H and O–H groups in total. The van der Waals surface area contributed by atoms with E-state index in [0.717, 1.165) is 37.2 Å². The van der Waals surface area contributed by atoms with Gasteiger partial charge in [-0.3, -0.25) is 4.90 Å². The van der Waals surface area contributed by atoms with E-state index in [1.54, 1.807) is 7.11 Å². The minimum absolute atomic E-state index is 0.194. The lowest BCUT2D eigenvalue weighted by atomic mass is 9.84. The topological polar surface area (TPSA) is 41.9 Å². The van der Waals surface area contributed by atoms with Crippen molar-refractivity contribution >= 4 is 0 Å². The van der Waals surface area contributed by atoms with Gasteiger partial charge in [-0.1, -0.05) is 6.07 Å². The number of hydrogen-bond donors (Lipinski definition) is 1. The summed E-state index contributed by atoms with van der Waals surface area (Å²) in [5.74, 6) is 0.869. The minimum atomic E-state index is -0.419. The molecule has 0 bridgehead atoms. The predicted molar refractivity (Wildman–Crippen MR) is 81.6 cm³/mol. The van der Waals surface area contributed by atoms with E-state index in [0.29, 0.717) is 0 Å². The summed E-state index contributed by atoms with van der Waals surface area (Å²) in [6.45, 7) is 6.02. The van der Waals surface area contributed by atoms with Gasteiger partial charge in [-0.15, -0.1) is 0 Å². The third-order valence-corrected chi connectivity index (χ3v) is 4.66. The Balaban J connectivity index is 1.80. The summed E-state index contributed by atoms with van der Waals surface area (Å²) < 4.78 is 11.1. The van der Waals surface area contributed by atoms with Gasteiger partial charge in [0.2, 0.25) is 0 Å². The van der Waals surface area contributed by atoms with Crippen LogP contribution < -0.4 is 4.74 Å². The van der Waals surface area contributed by atoms with E-state index in [1.807, 2.05) is 12.1 Å². The van der Waals surface area contributed by atoms with Crippen LogP contribution in [0.15, 0.2) is 18.2 Å². The van der Waals surface area contributed by atoms with Crippen LogP contribution in [0, 0.1) is 0 Å². The number of aliphatic hydroxyl groups is 1. The van der Waals surface area contributed by atoms with Crippen molar-refractivity contribution in [2.24, 2.45) is 0 Å². The lowest BCUT2D eigenvalue weighted by molar-refractivity contribution is -0.0989. The zero-order valence-electron chi connectivity index (χ0n) is 13.1. The fraction of sp³-hybridized carbons (Fsp3) is 0.647. The molecule has 0 amide bonds. The highest BCUT2D eigenvalue weighted by Gasteiger charge is 2.35. The Kier molecular flexibility index (Phi) is 4.20. The lowest BCUT2D eigenvalue weighted by Gasteiger charge is -2.44. The van der Waals surface area contributed by atoms with Crippen molar-refractivity contribution in [3.63, 3.8) is 0 Å². The average molecular weight is 291 g/mol.